The van der Waals surface area contributed by atoms with Crippen molar-refractivity contribution in [2.75, 3.05) is 26.2 Å². The Hall–Kier alpha value is -1.39. The largest absolute Gasteiger partial charge is 0.396 e. The molecule has 2 N–H and O–H groups in total. The summed E-state index contributed by atoms with van der Waals surface area (Å²) in [7, 11) is 0. The first-order chi connectivity index (χ1) is 8.76. The number of aliphatic hydroxyl groups excluding tert-OH is 1. The molecule has 4 nitrogen and oxygen atoms in total. The minimum atomic E-state index is 0.0265. The van der Waals surface area contributed by atoms with Gasteiger partial charge in [0.1, 0.15) is 0 Å². The van der Waals surface area contributed by atoms with Crippen LogP contribution in [0.1, 0.15) is 18.9 Å². The monoisotopic (exact) mass is 250 g/mol. The Morgan fingerprint density at radius 3 is 2.67 bits per heavy atom. The molecule has 1 aromatic carbocycles. The summed E-state index contributed by atoms with van der Waals surface area (Å²) in [5, 5.41) is 11.7. The molecule has 18 heavy (non-hydrogen) atoms. The molecule has 1 rings (SSSR count). The fraction of sp³-hybridized carbons (Fsp3) is 0.500. The summed E-state index contributed by atoms with van der Waals surface area (Å²) in [6, 6.07) is 9.86. The van der Waals surface area contributed by atoms with Gasteiger partial charge >= 0.3 is 0 Å². The van der Waals surface area contributed by atoms with Crippen LogP contribution in [0, 0.1) is 0 Å². The molecule has 0 spiro atoms. The third kappa shape index (κ3) is 5.80. The van der Waals surface area contributed by atoms with Gasteiger partial charge in [0.2, 0.25) is 5.91 Å². The Labute approximate surface area is 109 Å². The van der Waals surface area contributed by atoms with E-state index >= 15 is 0 Å². The van der Waals surface area contributed by atoms with Gasteiger partial charge in [0.05, 0.1) is 6.54 Å². The molecule has 1 aromatic rings. The molecule has 100 valence electrons. The molecular formula is C14H22N2O2. The van der Waals surface area contributed by atoms with Gasteiger partial charge in [0.15, 0.2) is 0 Å². The summed E-state index contributed by atoms with van der Waals surface area (Å²) in [5.74, 6) is 0.0265. The van der Waals surface area contributed by atoms with Crippen LogP contribution in [-0.4, -0.2) is 42.2 Å². The number of amides is 1. The van der Waals surface area contributed by atoms with E-state index in [0.717, 1.165) is 18.7 Å². The number of benzene rings is 1. The molecule has 0 aliphatic rings. The fourth-order valence-corrected chi connectivity index (χ4v) is 1.70. The van der Waals surface area contributed by atoms with Crippen molar-refractivity contribution in [2.24, 2.45) is 0 Å². The van der Waals surface area contributed by atoms with Crippen molar-refractivity contribution in [1.29, 1.82) is 0 Å². The predicted molar refractivity (Wildman–Crippen MR) is 72.1 cm³/mol. The molecule has 0 bridgehead atoms. The minimum absolute atomic E-state index is 0.0265. The number of nitrogens with zero attached hydrogens (tertiary/aromatic N) is 1. The second-order valence-corrected chi connectivity index (χ2v) is 4.21. The van der Waals surface area contributed by atoms with Crippen LogP contribution in [0.4, 0.5) is 0 Å². The molecule has 1 amide bonds. The van der Waals surface area contributed by atoms with Gasteiger partial charge in [-0.15, -0.1) is 0 Å². The highest BCUT2D eigenvalue weighted by Crippen LogP contribution is 1.97. The Morgan fingerprint density at radius 2 is 2.06 bits per heavy atom. The number of rotatable bonds is 8. The van der Waals surface area contributed by atoms with Crippen LogP contribution < -0.4 is 5.32 Å². The van der Waals surface area contributed by atoms with Gasteiger partial charge in [-0.05, 0) is 18.5 Å². The highest BCUT2D eigenvalue weighted by atomic mass is 16.3. The summed E-state index contributed by atoms with van der Waals surface area (Å²) >= 11 is 0. The highest BCUT2D eigenvalue weighted by molar-refractivity contribution is 5.77. The lowest BCUT2D eigenvalue weighted by atomic mass is 10.2. The van der Waals surface area contributed by atoms with E-state index in [1.54, 1.807) is 0 Å². The third-order valence-electron chi connectivity index (χ3n) is 2.78. The van der Waals surface area contributed by atoms with Crippen LogP contribution in [-0.2, 0) is 11.3 Å². The van der Waals surface area contributed by atoms with Crippen LogP contribution in [0.15, 0.2) is 30.3 Å². The van der Waals surface area contributed by atoms with E-state index in [4.69, 9.17) is 5.11 Å². The highest BCUT2D eigenvalue weighted by Gasteiger charge is 2.07. The predicted octanol–water partition coefficient (Wildman–Crippen LogP) is 1.01. The van der Waals surface area contributed by atoms with Crippen molar-refractivity contribution in [2.45, 2.75) is 19.9 Å². The summed E-state index contributed by atoms with van der Waals surface area (Å²) in [6.07, 6.45) is 0.708. The minimum Gasteiger partial charge on any atom is -0.396 e. The molecule has 0 aromatic heterocycles. The molecule has 0 unspecified atom stereocenters. The van der Waals surface area contributed by atoms with Crippen LogP contribution in [0.2, 0.25) is 0 Å². The standard InChI is InChI=1S/C14H22N2O2/c1-2-16(9-6-10-17)12-14(18)15-11-13-7-4-3-5-8-13/h3-5,7-8,17H,2,6,9-12H2,1H3,(H,15,18). The Kier molecular flexibility index (Phi) is 7.06. The van der Waals surface area contributed by atoms with Gasteiger partial charge in [-0.2, -0.15) is 0 Å². The van der Waals surface area contributed by atoms with Crippen molar-refractivity contribution < 1.29 is 9.90 Å². The second kappa shape index (κ2) is 8.66. The van der Waals surface area contributed by atoms with E-state index in [-0.39, 0.29) is 12.5 Å². The van der Waals surface area contributed by atoms with E-state index in [1.165, 1.54) is 0 Å². The molecule has 0 fully saturated rings. The first-order valence-electron chi connectivity index (χ1n) is 6.40. The normalized spacial score (nSPS) is 10.6. The first kappa shape index (κ1) is 14.7. The van der Waals surface area contributed by atoms with Gasteiger partial charge in [-0.3, -0.25) is 9.69 Å². The summed E-state index contributed by atoms with van der Waals surface area (Å²) in [5.41, 5.74) is 1.10. The smallest absolute Gasteiger partial charge is 0.234 e. The van der Waals surface area contributed by atoms with Crippen LogP contribution in [0.3, 0.4) is 0 Å². The van der Waals surface area contributed by atoms with Crippen molar-refractivity contribution >= 4 is 5.91 Å². The number of aliphatic hydroxyl groups is 1. The quantitative estimate of drug-likeness (QED) is 0.724. The molecule has 0 aliphatic carbocycles. The average Bonchev–Trinajstić information content (AvgIpc) is 2.42. The van der Waals surface area contributed by atoms with E-state index < -0.39 is 0 Å². The first-order valence-corrected chi connectivity index (χ1v) is 6.40. The Balaban J connectivity index is 2.28. The zero-order valence-electron chi connectivity index (χ0n) is 10.9. The number of hydrogen-bond donors (Lipinski definition) is 2. The van der Waals surface area contributed by atoms with Gasteiger partial charge in [0.25, 0.3) is 0 Å². The number of carbonyl (C=O) groups excluding carboxylic acids is 1. The Bertz CT molecular complexity index is 341. The number of likely N-dealkylation sites (N-methyl/N-ethyl adjacent to an activating group) is 1. The maximum absolute atomic E-state index is 11.7. The maximum atomic E-state index is 11.7. The van der Waals surface area contributed by atoms with E-state index in [9.17, 15) is 4.79 Å². The Morgan fingerprint density at radius 1 is 1.33 bits per heavy atom. The molecular weight excluding hydrogens is 228 g/mol. The molecule has 0 aliphatic heterocycles. The van der Waals surface area contributed by atoms with Crippen LogP contribution in [0.5, 0.6) is 0 Å². The van der Waals surface area contributed by atoms with Crippen molar-refractivity contribution in [3.8, 4) is 0 Å². The van der Waals surface area contributed by atoms with E-state index in [0.29, 0.717) is 19.5 Å². The molecule has 0 radical (unpaired) electrons. The van der Waals surface area contributed by atoms with Crippen LogP contribution >= 0.6 is 0 Å². The third-order valence-corrected chi connectivity index (χ3v) is 2.78. The number of nitrogens with one attached hydrogen (secondary N) is 1. The lowest BCUT2D eigenvalue weighted by Crippen LogP contribution is -2.37. The second-order valence-electron chi connectivity index (χ2n) is 4.21. The zero-order chi connectivity index (χ0) is 13.2. The number of hydrogen-bond acceptors (Lipinski definition) is 3. The van der Waals surface area contributed by atoms with Gasteiger partial charge in [-0.25, -0.2) is 0 Å². The topological polar surface area (TPSA) is 52.6 Å². The van der Waals surface area contributed by atoms with Gasteiger partial charge in [-0.1, -0.05) is 37.3 Å². The molecule has 0 saturated heterocycles. The SMILES string of the molecule is CCN(CCCO)CC(=O)NCc1ccccc1. The summed E-state index contributed by atoms with van der Waals surface area (Å²) in [4.78, 5) is 13.8. The van der Waals surface area contributed by atoms with Crippen molar-refractivity contribution in [3.63, 3.8) is 0 Å². The zero-order valence-corrected chi connectivity index (χ0v) is 10.9. The average molecular weight is 250 g/mol. The molecule has 0 heterocycles. The van der Waals surface area contributed by atoms with E-state index in [1.807, 2.05) is 42.2 Å². The van der Waals surface area contributed by atoms with Crippen molar-refractivity contribution in [1.82, 2.24) is 10.2 Å². The maximum Gasteiger partial charge on any atom is 0.234 e. The lowest BCUT2D eigenvalue weighted by molar-refractivity contribution is -0.122. The fourth-order valence-electron chi connectivity index (χ4n) is 1.70. The van der Waals surface area contributed by atoms with Crippen molar-refractivity contribution in [3.05, 3.63) is 35.9 Å². The summed E-state index contributed by atoms with van der Waals surface area (Å²) < 4.78 is 0. The summed E-state index contributed by atoms with van der Waals surface area (Å²) in [6.45, 7) is 4.72. The lowest BCUT2D eigenvalue weighted by Gasteiger charge is -2.19. The van der Waals surface area contributed by atoms with Gasteiger partial charge in [0, 0.05) is 19.7 Å². The molecule has 0 atom stereocenters. The van der Waals surface area contributed by atoms with Gasteiger partial charge < -0.3 is 10.4 Å². The molecule has 0 saturated carbocycles. The van der Waals surface area contributed by atoms with Crippen LogP contribution in [0.25, 0.3) is 0 Å². The number of carbonyl (C=O) groups is 1. The molecule has 4 heteroatoms. The van der Waals surface area contributed by atoms with E-state index in [2.05, 4.69) is 5.32 Å².